The fraction of sp³-hybridized carbons (Fsp3) is 0.650. The Morgan fingerprint density at radius 3 is 2.59 bits per heavy atom. The lowest BCUT2D eigenvalue weighted by molar-refractivity contribution is -0.289. The van der Waals surface area contributed by atoms with Crippen LogP contribution in [0.5, 0.6) is 5.75 Å². The quantitative estimate of drug-likeness (QED) is 0.0740. The number of carbonyl (C=O) groups is 2. The molecule has 2 aromatic heterocycles. The van der Waals surface area contributed by atoms with Crippen LogP contribution in [-0.4, -0.2) is 155 Å². The Morgan fingerprint density at radius 2 is 1.88 bits per heavy atom. The molecule has 4 heterocycles. The largest absolute Gasteiger partial charge is 0.508 e. The summed E-state index contributed by atoms with van der Waals surface area (Å²) in [4.78, 5) is 52.8. The molecule has 13 N–H and O–H groups in total. The van der Waals surface area contributed by atoms with E-state index in [9.17, 15) is 69.8 Å². The number of phenols is 1. The van der Waals surface area contributed by atoms with Crippen LogP contribution in [-0.2, 0) is 51.2 Å². The van der Waals surface area contributed by atoms with Crippen LogP contribution in [0, 0.1) is 17.3 Å². The molecule has 1 aromatic carbocycles. The maximum atomic E-state index is 13.6. The summed E-state index contributed by atoms with van der Waals surface area (Å²) in [6.07, 6.45) is -9.72. The van der Waals surface area contributed by atoms with Gasteiger partial charge in [0.1, 0.15) is 66.0 Å². The first kappa shape index (κ1) is 48.0. The lowest BCUT2D eigenvalue weighted by Gasteiger charge is -2.52. The summed E-state index contributed by atoms with van der Waals surface area (Å²) >= 11 is 0. The minimum Gasteiger partial charge on any atom is -0.508 e. The number of aliphatic carboxylic acids is 1. The van der Waals surface area contributed by atoms with Gasteiger partial charge in [0.25, 0.3) is 5.79 Å². The fourth-order valence-corrected chi connectivity index (χ4v) is 12.0. The number of hydrogen-bond donors (Lipinski definition) is 12. The third-order valence-corrected chi connectivity index (χ3v) is 15.4. The number of aryl methyl sites for hydroxylation is 1. The van der Waals surface area contributed by atoms with Crippen molar-refractivity contribution in [2.45, 2.75) is 131 Å². The third-order valence-electron chi connectivity index (χ3n) is 14.4. The normalized spacial score (nSPS) is 36.9. The van der Waals surface area contributed by atoms with Crippen LogP contribution in [0.4, 0.5) is 5.82 Å². The molecule has 4 fully saturated rings. The van der Waals surface area contributed by atoms with Gasteiger partial charge in [-0.2, -0.15) is 4.98 Å². The van der Waals surface area contributed by atoms with Gasteiger partial charge in [-0.3, -0.25) is 13.9 Å². The number of phosphoric acid groups is 1. The van der Waals surface area contributed by atoms with E-state index in [-0.39, 0.29) is 29.1 Å². The Kier molecular flexibility index (Phi) is 13.0. The number of benzene rings is 1. The van der Waals surface area contributed by atoms with Crippen molar-refractivity contribution in [2.24, 2.45) is 17.3 Å². The molecule has 5 aliphatic rings. The maximum absolute atomic E-state index is 13.6. The number of aromatic hydroxyl groups is 1. The molecule has 26 heteroatoms. The molecule has 2 aliphatic heterocycles. The average Bonchev–Trinajstić information content (AvgIpc) is 3.93. The monoisotopic (exact) mass is 951 g/mol. The van der Waals surface area contributed by atoms with Crippen LogP contribution < -0.4 is 16.7 Å². The second-order valence-electron chi connectivity index (χ2n) is 18.1. The molecule has 25 nitrogen and oxygen atoms in total. The molecule has 1 unspecified atom stereocenters. The van der Waals surface area contributed by atoms with Gasteiger partial charge < -0.3 is 71.4 Å². The predicted molar refractivity (Wildman–Crippen MR) is 219 cm³/mol. The molecular formula is C40H54N7O18P. The summed E-state index contributed by atoms with van der Waals surface area (Å²) < 4.78 is 36.1. The lowest BCUT2D eigenvalue weighted by Crippen LogP contribution is -2.68. The minimum absolute atomic E-state index is 0.151. The van der Waals surface area contributed by atoms with Crippen molar-refractivity contribution in [3.8, 4) is 5.75 Å². The highest BCUT2D eigenvalue weighted by Gasteiger charge is 2.64. The van der Waals surface area contributed by atoms with E-state index in [4.69, 9.17) is 24.3 Å². The molecule has 0 spiro atoms. The average molecular weight is 952 g/mol. The van der Waals surface area contributed by atoms with Gasteiger partial charge in [-0.1, -0.05) is 18.2 Å². The van der Waals surface area contributed by atoms with E-state index in [0.717, 1.165) is 46.7 Å². The number of carbonyl (C=O) groups excluding carboxylic acids is 1. The number of fused-ring (bicyclic) bond motifs is 5. The number of aliphatic hydroxyl groups is 7. The summed E-state index contributed by atoms with van der Waals surface area (Å²) in [5, 5.41) is 107. The van der Waals surface area contributed by atoms with E-state index in [1.807, 2.05) is 12.1 Å². The van der Waals surface area contributed by atoms with Gasteiger partial charge in [0, 0.05) is 18.0 Å². The number of rotatable bonds is 14. The first-order valence-electron chi connectivity index (χ1n) is 21.4. The number of carboxylic acid groups (broad SMARTS) is 1. The number of aliphatic hydroxyl groups excluding tert-OH is 6. The van der Waals surface area contributed by atoms with E-state index in [1.54, 1.807) is 6.07 Å². The number of hydrogen-bond acceptors (Lipinski definition) is 20. The number of nitrogens with zero attached hydrogens (tertiary/aromatic N) is 5. The van der Waals surface area contributed by atoms with E-state index in [0.29, 0.717) is 18.8 Å². The van der Waals surface area contributed by atoms with Gasteiger partial charge in [-0.05, 0) is 85.6 Å². The number of phosphoric ester groups is 1. The van der Waals surface area contributed by atoms with Gasteiger partial charge in [0.15, 0.2) is 6.23 Å². The SMILES string of the molecule is C[C@]12CC[C@@H]3c4ccc(O)cc4CC[C@H]3[C@@H]1CC[C@@]2(O)c1cn(CC(=O)N[C@H]2[C@H]([C@H](O)[C@H](O)CO)O[C@](OP(=O)(O)OC[C@H]3O[C@@H](n4ccc(N)nc4=O)[C@H](O)[C@@H]3O)(C(=O)O)C[C@@H]2O)nn1. The van der Waals surface area contributed by atoms with Gasteiger partial charge in [-0.15, -0.1) is 5.10 Å². The summed E-state index contributed by atoms with van der Waals surface area (Å²) in [5.41, 5.74) is 5.17. The van der Waals surface area contributed by atoms with Crippen molar-refractivity contribution in [3.05, 3.63) is 64.0 Å². The summed E-state index contributed by atoms with van der Waals surface area (Å²) in [6.45, 7) is -0.714. The van der Waals surface area contributed by atoms with E-state index in [1.165, 1.54) is 17.8 Å². The molecule has 8 rings (SSSR count). The van der Waals surface area contributed by atoms with Gasteiger partial charge >= 0.3 is 19.5 Å². The standard InChI is InChI=1S/C40H54N7O18P/c1-38-9-6-21-20-5-3-19(49)12-18(20)2-4-22(21)23(38)7-10-39(38,59)27-14-46(45-44-27)15-29(52)43-30-24(50)13-40(36(56)57,64-34(30)31(53)25(51)16-48)65-66(60,61)62-17-26-32(54)33(55)35(63-26)47-11-8-28(41)42-37(47)58/h3,5,8,11-12,14,21-26,30-35,48-51,53-55,59H,2,4,6-7,9-10,13,15-17H2,1H3,(H,43,52)(H,56,57)(H,60,61)(H2,41,42,58)/t21-,22-,23+,24+,25-,26-,30-,31-,32-,33-,34-,35-,38+,39-,40-/m1/s1. The van der Waals surface area contributed by atoms with Gasteiger partial charge in [-0.25, -0.2) is 23.4 Å². The zero-order chi connectivity index (χ0) is 47.7. The Balaban J connectivity index is 0.936. The van der Waals surface area contributed by atoms with E-state index < -0.39 is 123 Å². The highest BCUT2D eigenvalue weighted by Crippen LogP contribution is 2.67. The molecule has 0 bridgehead atoms. The number of amides is 1. The summed E-state index contributed by atoms with van der Waals surface area (Å²) in [5.74, 6) is -5.56. The van der Waals surface area contributed by atoms with Crippen LogP contribution in [0.25, 0.3) is 0 Å². The molecular weight excluding hydrogens is 897 g/mol. The van der Waals surface area contributed by atoms with Crippen molar-refractivity contribution in [3.63, 3.8) is 0 Å². The second kappa shape index (κ2) is 17.9. The highest BCUT2D eigenvalue weighted by molar-refractivity contribution is 7.47. The molecule has 3 aromatic rings. The second-order valence-corrected chi connectivity index (χ2v) is 19.5. The molecule has 362 valence electrons. The molecule has 2 saturated heterocycles. The first-order valence-corrected chi connectivity index (χ1v) is 22.9. The van der Waals surface area contributed by atoms with Crippen LogP contribution >= 0.6 is 7.82 Å². The van der Waals surface area contributed by atoms with E-state index in [2.05, 4.69) is 27.5 Å². The summed E-state index contributed by atoms with van der Waals surface area (Å²) in [6, 6.07) is 4.97. The van der Waals surface area contributed by atoms with Crippen LogP contribution in [0.3, 0.4) is 0 Å². The number of nitrogens with two attached hydrogens (primary N) is 1. The predicted octanol–water partition coefficient (Wildman–Crippen LogP) is -2.55. The molecule has 16 atom stereocenters. The van der Waals surface area contributed by atoms with Crippen molar-refractivity contribution < 1.29 is 83.5 Å². The van der Waals surface area contributed by atoms with Crippen LogP contribution in [0.2, 0.25) is 0 Å². The number of nitrogens with one attached hydrogen (secondary N) is 1. The topological polar surface area (TPSA) is 394 Å². The fourth-order valence-electron chi connectivity index (χ4n) is 11.0. The first-order chi connectivity index (χ1) is 31.1. The Hall–Kier alpha value is -4.47. The van der Waals surface area contributed by atoms with Crippen LogP contribution in [0.1, 0.15) is 74.4 Å². The molecule has 2 saturated carbocycles. The number of anilines is 1. The number of phenolic OH excluding ortho intramolecular Hbond substituents is 1. The van der Waals surface area contributed by atoms with Crippen molar-refractivity contribution in [2.75, 3.05) is 18.9 Å². The van der Waals surface area contributed by atoms with Crippen molar-refractivity contribution in [1.82, 2.24) is 29.9 Å². The zero-order valence-electron chi connectivity index (χ0n) is 35.5. The lowest BCUT2D eigenvalue weighted by atomic mass is 9.53. The van der Waals surface area contributed by atoms with Crippen LogP contribution in [0.15, 0.2) is 41.5 Å². The summed E-state index contributed by atoms with van der Waals surface area (Å²) in [7, 11) is -5.66. The minimum atomic E-state index is -5.66. The smallest absolute Gasteiger partial charge is 0.475 e. The number of carboxylic acids is 1. The van der Waals surface area contributed by atoms with Gasteiger partial charge in [0.2, 0.25) is 5.91 Å². The van der Waals surface area contributed by atoms with E-state index >= 15 is 0 Å². The molecule has 66 heavy (non-hydrogen) atoms. The number of nitrogen functional groups attached to an aromatic ring is 1. The van der Waals surface area contributed by atoms with Crippen molar-refractivity contribution >= 4 is 25.5 Å². The highest BCUT2D eigenvalue weighted by atomic mass is 31.2. The molecule has 1 amide bonds. The Labute approximate surface area is 374 Å². The van der Waals surface area contributed by atoms with Gasteiger partial charge in [0.05, 0.1) is 31.6 Å². The zero-order valence-corrected chi connectivity index (χ0v) is 36.4. The Morgan fingerprint density at radius 1 is 1.12 bits per heavy atom. The third kappa shape index (κ3) is 8.54. The number of aromatic nitrogens is 5. The molecule has 3 aliphatic carbocycles. The Bertz CT molecular complexity index is 2430. The number of ether oxygens (including phenoxy) is 2. The molecule has 0 radical (unpaired) electrons. The maximum Gasteiger partial charge on any atom is 0.475 e. The van der Waals surface area contributed by atoms with Crippen molar-refractivity contribution in [1.29, 1.82) is 0 Å².